The third-order valence-corrected chi connectivity index (χ3v) is 10.9. The molecule has 4 aliphatic rings. The molecule has 9 nitrogen and oxygen atoms in total. The van der Waals surface area contributed by atoms with Gasteiger partial charge in [0.05, 0.1) is 18.8 Å². The zero-order chi connectivity index (χ0) is 30.5. The zero-order valence-electron chi connectivity index (χ0n) is 25.4. The number of halogens is 3. The highest BCUT2D eigenvalue weighted by atomic mass is 19.4. The summed E-state index contributed by atoms with van der Waals surface area (Å²) in [7, 11) is 1.91. The Bertz CT molecular complexity index is 1500. The Hall–Kier alpha value is -2.99. The van der Waals surface area contributed by atoms with Gasteiger partial charge in [0.2, 0.25) is 0 Å². The molecule has 0 aromatic carbocycles. The molecule has 12 heteroatoms. The van der Waals surface area contributed by atoms with Gasteiger partial charge in [0.15, 0.2) is 0 Å². The maximum Gasteiger partial charge on any atom is 0.421 e. The summed E-state index contributed by atoms with van der Waals surface area (Å²) >= 11 is 0. The van der Waals surface area contributed by atoms with Crippen molar-refractivity contribution in [1.29, 1.82) is 0 Å². The van der Waals surface area contributed by atoms with Gasteiger partial charge in [-0.25, -0.2) is 0 Å². The highest BCUT2D eigenvalue weighted by Gasteiger charge is 2.48. The van der Waals surface area contributed by atoms with Crippen LogP contribution in [0, 0.1) is 5.41 Å². The minimum absolute atomic E-state index is 0.113. The maximum atomic E-state index is 13.1. The first kappa shape index (κ1) is 29.7. The Labute approximate surface area is 255 Å². The van der Waals surface area contributed by atoms with Crippen molar-refractivity contribution < 1.29 is 17.9 Å². The molecule has 44 heavy (non-hydrogen) atoms. The van der Waals surface area contributed by atoms with Crippen LogP contribution in [0.5, 0.6) is 0 Å². The van der Waals surface area contributed by atoms with Gasteiger partial charge < -0.3 is 13.9 Å². The normalized spacial score (nSPS) is 27.5. The van der Waals surface area contributed by atoms with Crippen molar-refractivity contribution in [3.8, 4) is 0 Å². The predicted octanol–water partition coefficient (Wildman–Crippen LogP) is 5.08. The lowest BCUT2D eigenvalue weighted by atomic mass is 9.76. The number of nitrogens with zero attached hydrogens (tertiary/aromatic N) is 7. The molecule has 0 amide bonds. The molecule has 0 bridgehead atoms. The summed E-state index contributed by atoms with van der Waals surface area (Å²) in [5, 5.41) is 13.6. The standard InChI is InChI=1S/C32H42F3N7O2/c1-39-28(12-15-40-14-2-3-27(30(40)43)32(33,34)35)37-38-29(39)23-6-4-22(5-7-23)24-17-36-42(18-24)26-10-8-25(9-11-26)41-19-31(20-41)13-16-44-21-31/h2-3,14,17-18,22-23,25-26H,4-13,15-16,19-21H2,1H3. The molecule has 4 fully saturated rings. The molecule has 0 unspecified atom stereocenters. The van der Waals surface area contributed by atoms with Crippen LogP contribution in [0.3, 0.4) is 0 Å². The molecule has 5 heterocycles. The molecule has 2 aliphatic carbocycles. The number of aryl methyl sites for hydroxylation is 2. The summed E-state index contributed by atoms with van der Waals surface area (Å²) < 4.78 is 50.3. The van der Waals surface area contributed by atoms with E-state index in [0.717, 1.165) is 55.4 Å². The van der Waals surface area contributed by atoms with E-state index < -0.39 is 17.3 Å². The summed E-state index contributed by atoms with van der Waals surface area (Å²) in [5.41, 5.74) is -0.388. The predicted molar refractivity (Wildman–Crippen MR) is 157 cm³/mol. The number of likely N-dealkylation sites (tertiary alicyclic amines) is 1. The van der Waals surface area contributed by atoms with E-state index in [1.165, 1.54) is 63.0 Å². The first-order chi connectivity index (χ1) is 21.2. The first-order valence-corrected chi connectivity index (χ1v) is 16.2. The number of alkyl halides is 3. The topological polar surface area (TPSA) is 83.0 Å². The molecule has 3 aromatic heterocycles. The quantitative estimate of drug-likeness (QED) is 0.370. The van der Waals surface area contributed by atoms with Crippen LogP contribution in [-0.4, -0.2) is 66.4 Å². The summed E-state index contributed by atoms with van der Waals surface area (Å²) in [6, 6.07) is 3.28. The fourth-order valence-electron chi connectivity index (χ4n) is 8.21. The lowest BCUT2D eigenvalue weighted by Gasteiger charge is -2.52. The molecule has 3 aromatic rings. The minimum atomic E-state index is -4.67. The molecule has 1 spiro atoms. The average Bonchev–Trinajstić information content (AvgIpc) is 3.76. The molecular formula is C32H42F3N7O2. The van der Waals surface area contributed by atoms with E-state index in [0.29, 0.717) is 35.7 Å². The van der Waals surface area contributed by atoms with Crippen molar-refractivity contribution in [3.05, 3.63) is 63.9 Å². The van der Waals surface area contributed by atoms with Crippen molar-refractivity contribution >= 4 is 0 Å². The second-order valence-corrected chi connectivity index (χ2v) is 13.7. The largest absolute Gasteiger partial charge is 0.421 e. The van der Waals surface area contributed by atoms with Gasteiger partial charge in [-0.15, -0.1) is 10.2 Å². The van der Waals surface area contributed by atoms with Crippen LogP contribution in [0.25, 0.3) is 0 Å². The molecule has 0 atom stereocenters. The van der Waals surface area contributed by atoms with Gasteiger partial charge in [0, 0.05) is 69.5 Å². The minimum Gasteiger partial charge on any atom is -0.381 e. The third-order valence-electron chi connectivity index (χ3n) is 10.9. The smallest absolute Gasteiger partial charge is 0.381 e. The maximum absolute atomic E-state index is 13.1. The molecular weight excluding hydrogens is 571 g/mol. The third kappa shape index (κ3) is 5.75. The Morgan fingerprint density at radius 1 is 1.00 bits per heavy atom. The molecule has 0 radical (unpaired) electrons. The molecule has 7 rings (SSSR count). The van der Waals surface area contributed by atoms with Crippen LogP contribution in [0.4, 0.5) is 13.2 Å². The lowest BCUT2D eigenvalue weighted by molar-refractivity contribution is -0.139. The van der Waals surface area contributed by atoms with Gasteiger partial charge in [0.1, 0.15) is 17.2 Å². The zero-order valence-corrected chi connectivity index (χ0v) is 25.4. The highest BCUT2D eigenvalue weighted by molar-refractivity contribution is 5.16. The molecule has 2 saturated carbocycles. The number of hydrogen-bond acceptors (Lipinski definition) is 6. The van der Waals surface area contributed by atoms with Crippen molar-refractivity contribution in [2.24, 2.45) is 12.5 Å². The van der Waals surface area contributed by atoms with Gasteiger partial charge in [-0.3, -0.25) is 14.4 Å². The van der Waals surface area contributed by atoms with Crippen LogP contribution in [0.2, 0.25) is 0 Å². The Balaban J connectivity index is 0.897. The molecule has 2 saturated heterocycles. The number of ether oxygens (including phenoxy) is 1. The van der Waals surface area contributed by atoms with Crippen molar-refractivity contribution in [2.45, 2.75) is 101 Å². The van der Waals surface area contributed by atoms with Gasteiger partial charge in [0.25, 0.3) is 5.56 Å². The molecule has 238 valence electrons. The van der Waals surface area contributed by atoms with Crippen LogP contribution in [-0.2, 0) is 30.9 Å². The summed E-state index contributed by atoms with van der Waals surface area (Å²) in [5.74, 6) is 2.36. The lowest BCUT2D eigenvalue weighted by Crippen LogP contribution is -2.60. The summed E-state index contributed by atoms with van der Waals surface area (Å²) in [4.78, 5) is 15.0. The van der Waals surface area contributed by atoms with Crippen molar-refractivity contribution in [2.75, 3.05) is 26.3 Å². The van der Waals surface area contributed by atoms with Crippen LogP contribution in [0.1, 0.15) is 98.4 Å². The van der Waals surface area contributed by atoms with E-state index in [9.17, 15) is 18.0 Å². The summed E-state index contributed by atoms with van der Waals surface area (Å²) in [6.45, 7) is 4.43. The monoisotopic (exact) mass is 613 g/mol. The fraction of sp³-hybridized carbons (Fsp3) is 0.688. The second-order valence-electron chi connectivity index (χ2n) is 13.7. The average molecular weight is 614 g/mol. The molecule has 0 N–H and O–H groups in total. The van der Waals surface area contributed by atoms with Crippen LogP contribution >= 0.6 is 0 Å². The van der Waals surface area contributed by atoms with Crippen molar-refractivity contribution in [1.82, 2.24) is 34.0 Å². The van der Waals surface area contributed by atoms with Gasteiger partial charge in [-0.05, 0) is 81.4 Å². The highest BCUT2D eigenvalue weighted by Crippen LogP contribution is 2.43. The number of aromatic nitrogens is 6. The van der Waals surface area contributed by atoms with E-state index in [-0.39, 0.29) is 12.5 Å². The van der Waals surface area contributed by atoms with E-state index in [1.54, 1.807) is 0 Å². The number of rotatable bonds is 7. The Morgan fingerprint density at radius 3 is 2.43 bits per heavy atom. The van der Waals surface area contributed by atoms with E-state index in [1.807, 2.05) is 11.6 Å². The Morgan fingerprint density at radius 2 is 1.73 bits per heavy atom. The second kappa shape index (κ2) is 11.7. The number of hydrogen-bond donors (Lipinski definition) is 0. The first-order valence-electron chi connectivity index (χ1n) is 16.2. The SMILES string of the molecule is Cn1c(CCn2cccc(C(F)(F)F)c2=O)nnc1C1CCC(c2cnn(C3CCC(N4CC5(CCOC5)C4)CC3)c2)CC1. The number of pyridine rings is 1. The van der Waals surface area contributed by atoms with Crippen LogP contribution < -0.4 is 5.56 Å². The van der Waals surface area contributed by atoms with E-state index in [4.69, 9.17) is 9.84 Å². The molecule has 2 aliphatic heterocycles. The van der Waals surface area contributed by atoms with Crippen LogP contribution in [0.15, 0.2) is 35.5 Å². The fourth-order valence-corrected chi connectivity index (χ4v) is 8.21. The summed E-state index contributed by atoms with van der Waals surface area (Å²) in [6.07, 6.45) is 11.6. The van der Waals surface area contributed by atoms with E-state index >= 15 is 0 Å². The van der Waals surface area contributed by atoms with Gasteiger partial charge in [-0.1, -0.05) is 0 Å². The van der Waals surface area contributed by atoms with Crippen molar-refractivity contribution in [3.63, 3.8) is 0 Å². The van der Waals surface area contributed by atoms with Gasteiger partial charge in [-0.2, -0.15) is 18.3 Å². The Kier molecular flexibility index (Phi) is 7.93. The van der Waals surface area contributed by atoms with E-state index in [2.05, 4.69) is 32.2 Å². The van der Waals surface area contributed by atoms with Gasteiger partial charge >= 0.3 is 6.18 Å².